The number of aldehydes is 1. The number of carbonyl (C=O) groups is 1. The molecule has 0 N–H and O–H groups in total. The van der Waals surface area contributed by atoms with Crippen LogP contribution in [0, 0.1) is 0 Å². The lowest BCUT2D eigenvalue weighted by atomic mass is 10.0. The van der Waals surface area contributed by atoms with E-state index in [1.54, 1.807) is 0 Å². The summed E-state index contributed by atoms with van der Waals surface area (Å²) in [5.74, 6) is 0. The standard InChI is InChI=1S/C19H29BrO/c1-2-3-4-5-6-7-8-9-10-11-12-17-13-14-19(20)18(15-17)16-21/h13-16H,2-12H2,1H3. The summed E-state index contributed by atoms with van der Waals surface area (Å²) in [6.07, 6.45) is 15.7. The van der Waals surface area contributed by atoms with E-state index < -0.39 is 0 Å². The number of unbranched alkanes of at least 4 members (excludes halogenated alkanes) is 9. The fourth-order valence-corrected chi connectivity index (χ4v) is 3.00. The van der Waals surface area contributed by atoms with Gasteiger partial charge in [-0.25, -0.2) is 0 Å². The highest BCUT2D eigenvalue weighted by Gasteiger charge is 2.00. The molecule has 1 rings (SSSR count). The molecule has 0 aliphatic rings. The van der Waals surface area contributed by atoms with E-state index in [2.05, 4.69) is 28.9 Å². The first-order valence-electron chi connectivity index (χ1n) is 8.51. The number of carbonyl (C=O) groups excluding carboxylic acids is 1. The summed E-state index contributed by atoms with van der Waals surface area (Å²) in [5.41, 5.74) is 2.04. The number of aryl methyl sites for hydroxylation is 1. The van der Waals surface area contributed by atoms with E-state index in [0.29, 0.717) is 0 Å². The Morgan fingerprint density at radius 3 is 2.05 bits per heavy atom. The molecule has 1 aromatic rings. The Kier molecular flexibility index (Phi) is 10.5. The van der Waals surface area contributed by atoms with Crippen molar-refractivity contribution in [3.05, 3.63) is 33.8 Å². The Balaban J connectivity index is 2.03. The maximum Gasteiger partial charge on any atom is 0.151 e. The first kappa shape index (κ1) is 18.4. The lowest BCUT2D eigenvalue weighted by molar-refractivity contribution is 0.112. The van der Waals surface area contributed by atoms with Crippen molar-refractivity contribution >= 4 is 22.2 Å². The van der Waals surface area contributed by atoms with Gasteiger partial charge >= 0.3 is 0 Å². The van der Waals surface area contributed by atoms with Crippen molar-refractivity contribution < 1.29 is 4.79 Å². The molecular formula is C19H29BrO. The summed E-state index contributed by atoms with van der Waals surface area (Å²) in [4.78, 5) is 10.9. The van der Waals surface area contributed by atoms with Crippen molar-refractivity contribution in [3.8, 4) is 0 Å². The van der Waals surface area contributed by atoms with E-state index in [9.17, 15) is 4.79 Å². The molecule has 2 heteroatoms. The van der Waals surface area contributed by atoms with Crippen LogP contribution in [0.4, 0.5) is 0 Å². The molecule has 0 aliphatic carbocycles. The average molecular weight is 353 g/mol. The Bertz CT molecular complexity index is 401. The van der Waals surface area contributed by atoms with E-state index in [0.717, 1.165) is 22.7 Å². The fraction of sp³-hybridized carbons (Fsp3) is 0.632. The maximum atomic E-state index is 10.9. The Morgan fingerprint density at radius 1 is 0.905 bits per heavy atom. The van der Waals surface area contributed by atoms with Crippen molar-refractivity contribution in [2.75, 3.05) is 0 Å². The van der Waals surface area contributed by atoms with E-state index in [4.69, 9.17) is 0 Å². The number of hydrogen-bond acceptors (Lipinski definition) is 1. The molecule has 1 aromatic carbocycles. The smallest absolute Gasteiger partial charge is 0.151 e. The Morgan fingerprint density at radius 2 is 1.48 bits per heavy atom. The lowest BCUT2D eigenvalue weighted by Crippen LogP contribution is -1.90. The van der Waals surface area contributed by atoms with E-state index >= 15 is 0 Å². The van der Waals surface area contributed by atoms with Crippen molar-refractivity contribution in [2.24, 2.45) is 0 Å². The van der Waals surface area contributed by atoms with Gasteiger partial charge in [-0.2, -0.15) is 0 Å². The normalized spacial score (nSPS) is 10.8. The quantitative estimate of drug-likeness (QED) is 0.301. The van der Waals surface area contributed by atoms with Crippen molar-refractivity contribution in [2.45, 2.75) is 77.6 Å². The van der Waals surface area contributed by atoms with E-state index in [-0.39, 0.29) is 0 Å². The molecule has 0 bridgehead atoms. The molecule has 0 amide bonds. The van der Waals surface area contributed by atoms with E-state index in [1.807, 2.05) is 12.1 Å². The van der Waals surface area contributed by atoms with Crippen LogP contribution < -0.4 is 0 Å². The molecule has 0 aliphatic heterocycles. The molecule has 0 aromatic heterocycles. The average Bonchev–Trinajstić information content (AvgIpc) is 2.50. The molecule has 1 nitrogen and oxygen atoms in total. The summed E-state index contributed by atoms with van der Waals surface area (Å²) in [7, 11) is 0. The van der Waals surface area contributed by atoms with Crippen molar-refractivity contribution in [1.82, 2.24) is 0 Å². The van der Waals surface area contributed by atoms with Crippen LogP contribution in [-0.4, -0.2) is 6.29 Å². The molecule has 0 radical (unpaired) electrons. The first-order chi connectivity index (χ1) is 10.3. The van der Waals surface area contributed by atoms with E-state index in [1.165, 1.54) is 69.8 Å². The zero-order valence-electron chi connectivity index (χ0n) is 13.4. The van der Waals surface area contributed by atoms with Gasteiger partial charge in [-0.15, -0.1) is 0 Å². The van der Waals surface area contributed by atoms with Crippen LogP contribution in [0.25, 0.3) is 0 Å². The topological polar surface area (TPSA) is 17.1 Å². The predicted octanol–water partition coefficient (Wildman–Crippen LogP) is 6.73. The van der Waals surface area contributed by atoms with Gasteiger partial charge in [0.25, 0.3) is 0 Å². The maximum absolute atomic E-state index is 10.9. The summed E-state index contributed by atoms with van der Waals surface area (Å²) in [6.45, 7) is 2.27. The zero-order chi connectivity index (χ0) is 15.3. The Labute approximate surface area is 138 Å². The SMILES string of the molecule is CCCCCCCCCCCCc1ccc(Br)c(C=O)c1. The Hall–Kier alpha value is -0.630. The molecule has 0 saturated carbocycles. The number of benzene rings is 1. The summed E-state index contributed by atoms with van der Waals surface area (Å²) >= 11 is 3.39. The number of halogens is 1. The summed E-state index contributed by atoms with van der Waals surface area (Å²) in [6, 6.07) is 6.10. The lowest BCUT2D eigenvalue weighted by Gasteiger charge is -2.04. The second-order valence-electron chi connectivity index (χ2n) is 5.91. The molecule has 21 heavy (non-hydrogen) atoms. The molecule has 0 fully saturated rings. The first-order valence-corrected chi connectivity index (χ1v) is 9.31. The molecule has 0 saturated heterocycles. The minimum Gasteiger partial charge on any atom is -0.298 e. The van der Waals surface area contributed by atoms with Crippen LogP contribution in [0.5, 0.6) is 0 Å². The van der Waals surface area contributed by atoms with Crippen LogP contribution in [-0.2, 0) is 6.42 Å². The van der Waals surface area contributed by atoms with Gasteiger partial charge in [0.2, 0.25) is 0 Å². The van der Waals surface area contributed by atoms with Crippen molar-refractivity contribution in [3.63, 3.8) is 0 Å². The third-order valence-electron chi connectivity index (χ3n) is 4.01. The minimum absolute atomic E-state index is 0.763. The fourth-order valence-electron chi connectivity index (χ4n) is 2.66. The van der Waals surface area contributed by atoms with Gasteiger partial charge in [0.05, 0.1) is 0 Å². The summed E-state index contributed by atoms with van der Waals surface area (Å²) in [5, 5.41) is 0. The van der Waals surface area contributed by atoms with Gasteiger partial charge < -0.3 is 0 Å². The molecule has 0 spiro atoms. The summed E-state index contributed by atoms with van der Waals surface area (Å²) < 4.78 is 0.893. The third kappa shape index (κ3) is 8.40. The van der Waals surface area contributed by atoms with Crippen LogP contribution in [0.1, 0.15) is 87.1 Å². The third-order valence-corrected chi connectivity index (χ3v) is 4.73. The van der Waals surface area contributed by atoms with Crippen LogP contribution in [0.2, 0.25) is 0 Å². The molecule has 118 valence electrons. The number of hydrogen-bond donors (Lipinski definition) is 0. The molecule has 0 heterocycles. The molecular weight excluding hydrogens is 324 g/mol. The van der Waals surface area contributed by atoms with Crippen LogP contribution >= 0.6 is 15.9 Å². The largest absolute Gasteiger partial charge is 0.298 e. The van der Waals surface area contributed by atoms with Crippen LogP contribution in [0.3, 0.4) is 0 Å². The van der Waals surface area contributed by atoms with Gasteiger partial charge in [-0.05, 0) is 30.5 Å². The van der Waals surface area contributed by atoms with Gasteiger partial charge in [-0.3, -0.25) is 4.79 Å². The second-order valence-corrected chi connectivity index (χ2v) is 6.76. The van der Waals surface area contributed by atoms with Gasteiger partial charge in [0.1, 0.15) is 0 Å². The van der Waals surface area contributed by atoms with Crippen molar-refractivity contribution in [1.29, 1.82) is 0 Å². The monoisotopic (exact) mass is 352 g/mol. The van der Waals surface area contributed by atoms with Crippen LogP contribution in [0.15, 0.2) is 22.7 Å². The molecule has 0 unspecified atom stereocenters. The van der Waals surface area contributed by atoms with Gasteiger partial charge in [0, 0.05) is 10.0 Å². The molecule has 0 atom stereocenters. The van der Waals surface area contributed by atoms with Gasteiger partial charge in [0.15, 0.2) is 6.29 Å². The second kappa shape index (κ2) is 12.0. The highest BCUT2D eigenvalue weighted by Crippen LogP contribution is 2.18. The predicted molar refractivity (Wildman–Crippen MR) is 95.1 cm³/mol. The highest BCUT2D eigenvalue weighted by molar-refractivity contribution is 9.10. The minimum atomic E-state index is 0.763. The highest BCUT2D eigenvalue weighted by atomic mass is 79.9. The number of rotatable bonds is 12. The zero-order valence-corrected chi connectivity index (χ0v) is 15.0. The van der Waals surface area contributed by atoms with Gasteiger partial charge in [-0.1, -0.05) is 86.7 Å².